The molecule has 0 aliphatic rings. The molecule has 1 aromatic carbocycles. The minimum atomic E-state index is -0.108. The number of carbonyl (C=O) groups excluding carboxylic acids is 1. The molecule has 0 atom stereocenters. The first kappa shape index (κ1) is 51.0. The van der Waals surface area contributed by atoms with Crippen molar-refractivity contribution in [2.24, 2.45) is 0 Å². The van der Waals surface area contributed by atoms with E-state index in [0.29, 0.717) is 164 Å². The lowest BCUT2D eigenvalue weighted by Crippen LogP contribution is -2.15. The van der Waals surface area contributed by atoms with Gasteiger partial charge in [-0.05, 0) is 30.7 Å². The first-order valence-electron chi connectivity index (χ1n) is 20.2. The summed E-state index contributed by atoms with van der Waals surface area (Å²) in [4.78, 5) is 11.0. The van der Waals surface area contributed by atoms with Crippen molar-refractivity contribution < 1.29 is 66.4 Å². The monoisotopic (exact) mass is 792 g/mol. The second-order valence-electron chi connectivity index (χ2n) is 12.2. The van der Waals surface area contributed by atoms with Crippen LogP contribution in [0.2, 0.25) is 0 Å². The second kappa shape index (κ2) is 43.1. The van der Waals surface area contributed by atoms with Crippen molar-refractivity contribution in [3.63, 3.8) is 0 Å². The van der Waals surface area contributed by atoms with Crippen LogP contribution in [-0.4, -0.2) is 171 Å². The maximum absolute atomic E-state index is 11.0. The highest BCUT2D eigenvalue weighted by atomic mass is 16.6. The van der Waals surface area contributed by atoms with Crippen LogP contribution < -0.4 is 10.1 Å². The first-order chi connectivity index (χ1) is 27.2. The average molecular weight is 792 g/mol. The molecule has 0 radical (unpaired) electrons. The van der Waals surface area contributed by atoms with Crippen molar-refractivity contribution in [1.29, 1.82) is 0 Å². The summed E-state index contributed by atoms with van der Waals surface area (Å²) < 4.78 is 71.7. The summed E-state index contributed by atoms with van der Waals surface area (Å²) in [5.41, 5.74) is 0.732. The van der Waals surface area contributed by atoms with Gasteiger partial charge >= 0.3 is 0 Å². The molecule has 1 amide bonds. The third kappa shape index (κ3) is 40.0. The maximum atomic E-state index is 11.0. The second-order valence-corrected chi connectivity index (χ2v) is 12.2. The molecule has 0 unspecified atom stereocenters. The van der Waals surface area contributed by atoms with Crippen LogP contribution in [0.3, 0.4) is 0 Å². The number of anilines is 1. The van der Waals surface area contributed by atoms with Gasteiger partial charge in [0.1, 0.15) is 12.4 Å². The SMILES string of the molecule is CCCCCCCCOCCOCCOCCOCCOCCOCCOCCOCCOCCOCCOCCOCCOc1ccc(NC(C)=O)cc1. The van der Waals surface area contributed by atoms with Crippen LogP contribution in [0.5, 0.6) is 5.75 Å². The predicted molar refractivity (Wildman–Crippen MR) is 209 cm³/mol. The summed E-state index contributed by atoms with van der Waals surface area (Å²) in [6.45, 7) is 16.8. The third-order valence-electron chi connectivity index (χ3n) is 7.41. The number of hydrogen-bond acceptors (Lipinski definition) is 14. The van der Waals surface area contributed by atoms with Crippen LogP contribution in [0.4, 0.5) is 5.69 Å². The molecule has 15 heteroatoms. The molecular weight excluding hydrogens is 718 g/mol. The molecule has 55 heavy (non-hydrogen) atoms. The summed E-state index contributed by atoms with van der Waals surface area (Å²) >= 11 is 0. The summed E-state index contributed by atoms with van der Waals surface area (Å²) in [5, 5.41) is 2.71. The number of carbonyl (C=O) groups is 1. The largest absolute Gasteiger partial charge is 0.491 e. The zero-order chi connectivity index (χ0) is 39.4. The van der Waals surface area contributed by atoms with Gasteiger partial charge in [-0.2, -0.15) is 0 Å². The van der Waals surface area contributed by atoms with Gasteiger partial charge in [-0.15, -0.1) is 0 Å². The van der Waals surface area contributed by atoms with Crippen LogP contribution in [0.1, 0.15) is 52.4 Å². The van der Waals surface area contributed by atoms with E-state index in [9.17, 15) is 4.79 Å². The summed E-state index contributed by atoms with van der Waals surface area (Å²) in [7, 11) is 0. The number of unbranched alkanes of at least 4 members (excludes halogenated alkanes) is 5. The number of rotatable bonds is 45. The topological polar surface area (TPSA) is 149 Å². The Morgan fingerprint density at radius 3 is 0.964 bits per heavy atom. The molecule has 322 valence electrons. The highest BCUT2D eigenvalue weighted by Gasteiger charge is 1.99. The van der Waals surface area contributed by atoms with Gasteiger partial charge in [0.25, 0.3) is 0 Å². The molecule has 0 aliphatic heterocycles. The lowest BCUT2D eigenvalue weighted by Gasteiger charge is -2.09. The van der Waals surface area contributed by atoms with Gasteiger partial charge in [0.2, 0.25) is 5.91 Å². The molecule has 0 saturated heterocycles. The normalized spacial score (nSPS) is 11.4. The molecule has 0 aliphatic carbocycles. The van der Waals surface area contributed by atoms with Crippen molar-refractivity contribution in [1.82, 2.24) is 0 Å². The Bertz CT molecular complexity index is 914. The van der Waals surface area contributed by atoms with Crippen LogP contribution >= 0.6 is 0 Å². The van der Waals surface area contributed by atoms with E-state index >= 15 is 0 Å². The fourth-order valence-corrected chi connectivity index (χ4v) is 4.56. The Morgan fingerprint density at radius 2 is 0.655 bits per heavy atom. The van der Waals surface area contributed by atoms with Crippen molar-refractivity contribution in [3.8, 4) is 5.75 Å². The highest BCUT2D eigenvalue weighted by Crippen LogP contribution is 2.15. The van der Waals surface area contributed by atoms with E-state index in [1.54, 1.807) is 24.3 Å². The molecule has 0 saturated carbocycles. The van der Waals surface area contributed by atoms with E-state index in [1.165, 1.54) is 39.0 Å². The maximum Gasteiger partial charge on any atom is 0.221 e. The molecule has 0 aromatic heterocycles. The zero-order valence-corrected chi connectivity index (χ0v) is 33.9. The van der Waals surface area contributed by atoms with Crippen molar-refractivity contribution in [2.75, 3.05) is 170 Å². The van der Waals surface area contributed by atoms with E-state index in [0.717, 1.165) is 18.7 Å². The van der Waals surface area contributed by atoms with E-state index in [2.05, 4.69) is 12.2 Å². The lowest BCUT2D eigenvalue weighted by molar-refractivity contribution is -0.114. The van der Waals surface area contributed by atoms with Gasteiger partial charge in [0.15, 0.2) is 0 Å². The number of benzene rings is 1. The molecule has 1 aromatic rings. The lowest BCUT2D eigenvalue weighted by atomic mass is 10.1. The number of nitrogens with one attached hydrogen (secondary N) is 1. The van der Waals surface area contributed by atoms with Gasteiger partial charge in [0.05, 0.1) is 152 Å². The van der Waals surface area contributed by atoms with E-state index in [1.807, 2.05) is 0 Å². The van der Waals surface area contributed by atoms with E-state index in [4.69, 9.17) is 61.6 Å². The third-order valence-corrected chi connectivity index (χ3v) is 7.41. The van der Waals surface area contributed by atoms with Crippen LogP contribution in [0, 0.1) is 0 Å². The molecule has 0 spiro atoms. The van der Waals surface area contributed by atoms with Gasteiger partial charge in [-0.3, -0.25) is 4.79 Å². The molecule has 0 bridgehead atoms. The van der Waals surface area contributed by atoms with Crippen molar-refractivity contribution in [2.45, 2.75) is 52.4 Å². The molecule has 1 N–H and O–H groups in total. The Hall–Kier alpha value is -1.99. The van der Waals surface area contributed by atoms with Gasteiger partial charge in [-0.25, -0.2) is 0 Å². The highest BCUT2D eigenvalue weighted by molar-refractivity contribution is 5.88. The molecule has 0 fully saturated rings. The average Bonchev–Trinajstić information content (AvgIpc) is 3.18. The van der Waals surface area contributed by atoms with Gasteiger partial charge < -0.3 is 66.9 Å². The molecular formula is C40H73NO14. The van der Waals surface area contributed by atoms with Crippen molar-refractivity contribution >= 4 is 11.6 Å². The summed E-state index contributed by atoms with van der Waals surface area (Å²) in [6, 6.07) is 7.18. The van der Waals surface area contributed by atoms with Crippen LogP contribution in [-0.2, 0) is 61.6 Å². The smallest absolute Gasteiger partial charge is 0.221 e. The van der Waals surface area contributed by atoms with Crippen molar-refractivity contribution in [3.05, 3.63) is 24.3 Å². The summed E-state index contributed by atoms with van der Waals surface area (Å²) in [6.07, 6.45) is 7.66. The molecule has 1 rings (SSSR count). The molecule has 15 nitrogen and oxygen atoms in total. The van der Waals surface area contributed by atoms with Gasteiger partial charge in [0, 0.05) is 19.2 Å². The van der Waals surface area contributed by atoms with Gasteiger partial charge in [-0.1, -0.05) is 39.0 Å². The minimum absolute atomic E-state index is 0.108. The minimum Gasteiger partial charge on any atom is -0.491 e. The van der Waals surface area contributed by atoms with Crippen LogP contribution in [0.15, 0.2) is 24.3 Å². The van der Waals surface area contributed by atoms with Crippen LogP contribution in [0.25, 0.3) is 0 Å². The Balaban J connectivity index is 1.63. The fraction of sp³-hybridized carbons (Fsp3) is 0.825. The number of ether oxygens (including phenoxy) is 13. The number of amides is 1. The zero-order valence-electron chi connectivity index (χ0n) is 33.9. The Labute approximate surface area is 330 Å². The standard InChI is InChI=1S/C40H73NO14/c1-3-4-5-6-7-8-13-43-14-15-44-16-17-45-18-19-46-20-21-47-22-23-48-24-25-49-26-27-50-28-29-51-30-31-52-32-33-53-34-35-54-36-37-55-40-11-9-39(10-12-40)41-38(2)42/h9-12H,3-8,13-37H2,1-2H3,(H,41,42). The van der Waals surface area contributed by atoms with E-state index in [-0.39, 0.29) is 5.91 Å². The summed E-state index contributed by atoms with van der Waals surface area (Å²) in [5.74, 6) is 0.609. The van der Waals surface area contributed by atoms with E-state index < -0.39 is 0 Å². The Kier molecular flexibility index (Phi) is 40.0. The first-order valence-corrected chi connectivity index (χ1v) is 20.2. The number of hydrogen-bond donors (Lipinski definition) is 1. The quantitative estimate of drug-likeness (QED) is 0.0919. The fourth-order valence-electron chi connectivity index (χ4n) is 4.56. The Morgan fingerprint density at radius 1 is 0.382 bits per heavy atom. The molecule has 0 heterocycles. The predicted octanol–water partition coefficient (Wildman–Crippen LogP) is 4.58.